The van der Waals surface area contributed by atoms with Crippen LogP contribution in [0.5, 0.6) is 5.75 Å². The number of ether oxygens (including phenoxy) is 2. The molecule has 2 aromatic carbocycles. The number of para-hydroxylation sites is 1. The SMILES string of the molecule is CCOC(Cc1ccc(OCCN(CC2CC2)C(=O)Nc2ccccc2C(F)(F)F)cc1)C(=O)O. The predicted octanol–water partition coefficient (Wildman–Crippen LogP) is 5.06. The molecular weight excluding hydrogens is 465 g/mol. The largest absolute Gasteiger partial charge is 0.492 e. The van der Waals surface area contributed by atoms with Gasteiger partial charge in [-0.05, 0) is 55.5 Å². The summed E-state index contributed by atoms with van der Waals surface area (Å²) in [5.74, 6) is -0.157. The third-order valence-electron chi connectivity index (χ3n) is 5.55. The molecule has 0 heterocycles. The van der Waals surface area contributed by atoms with Gasteiger partial charge in [0, 0.05) is 19.6 Å². The minimum Gasteiger partial charge on any atom is -0.492 e. The zero-order valence-electron chi connectivity index (χ0n) is 19.4. The smallest absolute Gasteiger partial charge is 0.418 e. The van der Waals surface area contributed by atoms with E-state index in [4.69, 9.17) is 9.47 Å². The highest BCUT2D eigenvalue weighted by atomic mass is 19.4. The molecule has 2 amide bonds. The lowest BCUT2D eigenvalue weighted by Gasteiger charge is -2.24. The van der Waals surface area contributed by atoms with E-state index >= 15 is 0 Å². The van der Waals surface area contributed by atoms with Gasteiger partial charge in [0.05, 0.1) is 17.8 Å². The normalized spacial score (nSPS) is 14.3. The van der Waals surface area contributed by atoms with Crippen molar-refractivity contribution in [1.29, 1.82) is 0 Å². The Balaban J connectivity index is 1.56. The summed E-state index contributed by atoms with van der Waals surface area (Å²) in [5.41, 5.74) is -0.407. The molecule has 1 atom stereocenters. The maximum atomic E-state index is 13.3. The number of halogens is 3. The summed E-state index contributed by atoms with van der Waals surface area (Å²) < 4.78 is 50.7. The van der Waals surface area contributed by atoms with Crippen molar-refractivity contribution in [3.8, 4) is 5.75 Å². The van der Waals surface area contributed by atoms with E-state index in [0.29, 0.717) is 24.8 Å². The van der Waals surface area contributed by atoms with Crippen molar-refractivity contribution in [2.75, 3.05) is 31.6 Å². The molecule has 0 aliphatic heterocycles. The number of nitrogens with zero attached hydrogens (tertiary/aromatic N) is 1. The highest BCUT2D eigenvalue weighted by molar-refractivity contribution is 5.90. The van der Waals surface area contributed by atoms with Gasteiger partial charge in [-0.2, -0.15) is 13.2 Å². The number of alkyl halides is 3. The number of carbonyl (C=O) groups is 2. The summed E-state index contributed by atoms with van der Waals surface area (Å²) in [7, 11) is 0. The van der Waals surface area contributed by atoms with E-state index < -0.39 is 29.8 Å². The van der Waals surface area contributed by atoms with Gasteiger partial charge in [-0.25, -0.2) is 9.59 Å². The van der Waals surface area contributed by atoms with Crippen molar-refractivity contribution >= 4 is 17.7 Å². The summed E-state index contributed by atoms with van der Waals surface area (Å²) in [6, 6.07) is 11.2. The van der Waals surface area contributed by atoms with E-state index in [1.54, 1.807) is 31.2 Å². The van der Waals surface area contributed by atoms with Gasteiger partial charge in [-0.15, -0.1) is 0 Å². The average Bonchev–Trinajstić information content (AvgIpc) is 3.63. The topological polar surface area (TPSA) is 88.1 Å². The van der Waals surface area contributed by atoms with Crippen LogP contribution >= 0.6 is 0 Å². The second-order valence-corrected chi connectivity index (χ2v) is 8.34. The highest BCUT2D eigenvalue weighted by Gasteiger charge is 2.34. The van der Waals surface area contributed by atoms with Gasteiger partial charge in [-0.3, -0.25) is 0 Å². The standard InChI is InChI=1S/C25H29F3N2O5/c1-2-34-22(23(31)32)15-17-9-11-19(12-10-17)35-14-13-30(16-18-7-8-18)24(33)29-21-6-4-3-5-20(21)25(26,27)28/h3-6,9-12,18,22H,2,7-8,13-16H2,1H3,(H,29,33)(H,31,32). The van der Waals surface area contributed by atoms with Gasteiger partial charge < -0.3 is 24.8 Å². The van der Waals surface area contributed by atoms with Gasteiger partial charge in [0.2, 0.25) is 0 Å². The van der Waals surface area contributed by atoms with Gasteiger partial charge in [0.1, 0.15) is 12.4 Å². The van der Waals surface area contributed by atoms with Crippen molar-refractivity contribution in [2.24, 2.45) is 5.92 Å². The van der Waals surface area contributed by atoms with Crippen LogP contribution in [0.1, 0.15) is 30.9 Å². The first-order chi connectivity index (χ1) is 16.7. The molecule has 35 heavy (non-hydrogen) atoms. The lowest BCUT2D eigenvalue weighted by molar-refractivity contribution is -0.150. The molecular formula is C25H29F3N2O5. The van der Waals surface area contributed by atoms with E-state index in [0.717, 1.165) is 24.5 Å². The molecule has 0 radical (unpaired) electrons. The van der Waals surface area contributed by atoms with Crippen LogP contribution in [0.25, 0.3) is 0 Å². The van der Waals surface area contributed by atoms with E-state index in [-0.39, 0.29) is 25.3 Å². The number of carbonyl (C=O) groups excluding carboxylic acids is 1. The Morgan fingerprint density at radius 3 is 2.43 bits per heavy atom. The van der Waals surface area contributed by atoms with Crippen LogP contribution in [0, 0.1) is 5.92 Å². The van der Waals surface area contributed by atoms with Gasteiger partial charge in [0.25, 0.3) is 0 Å². The first-order valence-electron chi connectivity index (χ1n) is 11.5. The minimum atomic E-state index is -4.58. The van der Waals surface area contributed by atoms with Crippen LogP contribution in [0.15, 0.2) is 48.5 Å². The maximum absolute atomic E-state index is 13.3. The summed E-state index contributed by atoms with van der Waals surface area (Å²) in [5, 5.41) is 11.6. The number of benzene rings is 2. The number of aliphatic carboxylic acids is 1. The fourth-order valence-electron chi connectivity index (χ4n) is 3.55. The number of rotatable bonds is 12. The van der Waals surface area contributed by atoms with Crippen molar-refractivity contribution < 1.29 is 37.3 Å². The Morgan fingerprint density at radius 2 is 1.83 bits per heavy atom. The van der Waals surface area contributed by atoms with Crippen LogP contribution in [-0.2, 0) is 22.1 Å². The molecule has 0 aromatic heterocycles. The van der Waals surface area contributed by atoms with Gasteiger partial charge in [-0.1, -0.05) is 24.3 Å². The Kier molecular flexibility index (Phi) is 8.97. The molecule has 0 spiro atoms. The molecule has 1 aliphatic rings. The second-order valence-electron chi connectivity index (χ2n) is 8.34. The number of carboxylic acid groups (broad SMARTS) is 1. The van der Waals surface area contributed by atoms with Crippen LogP contribution in [0.4, 0.5) is 23.7 Å². The number of carboxylic acids is 1. The number of hydrogen-bond acceptors (Lipinski definition) is 4. The predicted molar refractivity (Wildman–Crippen MR) is 123 cm³/mol. The van der Waals surface area contributed by atoms with E-state index in [2.05, 4.69) is 5.32 Å². The molecule has 3 rings (SSSR count). The van der Waals surface area contributed by atoms with Crippen LogP contribution in [0.2, 0.25) is 0 Å². The second kappa shape index (κ2) is 11.9. The van der Waals surface area contributed by atoms with Gasteiger partial charge in [0.15, 0.2) is 6.10 Å². The monoisotopic (exact) mass is 494 g/mol. The molecule has 0 bridgehead atoms. The van der Waals surface area contributed by atoms with E-state index in [9.17, 15) is 27.9 Å². The molecule has 1 saturated carbocycles. The first kappa shape index (κ1) is 26.3. The Morgan fingerprint density at radius 1 is 1.14 bits per heavy atom. The fourth-order valence-corrected chi connectivity index (χ4v) is 3.55. The average molecular weight is 495 g/mol. The molecule has 0 saturated heterocycles. The Labute approximate surface area is 201 Å². The Hall–Kier alpha value is -3.27. The van der Waals surface area contributed by atoms with Crippen molar-refractivity contribution in [3.05, 3.63) is 59.7 Å². The zero-order chi connectivity index (χ0) is 25.4. The van der Waals surface area contributed by atoms with Crippen LogP contribution in [0.3, 0.4) is 0 Å². The van der Waals surface area contributed by atoms with Crippen LogP contribution in [-0.4, -0.2) is 54.4 Å². The third kappa shape index (κ3) is 8.17. The first-order valence-corrected chi connectivity index (χ1v) is 11.5. The molecule has 7 nitrogen and oxygen atoms in total. The van der Waals surface area contributed by atoms with E-state index in [1.165, 1.54) is 23.1 Å². The number of urea groups is 1. The summed E-state index contributed by atoms with van der Waals surface area (Å²) >= 11 is 0. The summed E-state index contributed by atoms with van der Waals surface area (Å²) in [4.78, 5) is 25.5. The van der Waals surface area contributed by atoms with Crippen LogP contribution < -0.4 is 10.1 Å². The molecule has 1 fully saturated rings. The number of amides is 2. The molecule has 1 unspecified atom stereocenters. The third-order valence-corrected chi connectivity index (χ3v) is 5.55. The van der Waals surface area contributed by atoms with Crippen molar-refractivity contribution in [3.63, 3.8) is 0 Å². The van der Waals surface area contributed by atoms with Gasteiger partial charge >= 0.3 is 18.2 Å². The summed E-state index contributed by atoms with van der Waals surface area (Å²) in [6.07, 6.45) is -3.33. The molecule has 2 aromatic rings. The lowest BCUT2D eigenvalue weighted by Crippen LogP contribution is -2.39. The fraction of sp³-hybridized carbons (Fsp3) is 0.440. The molecule has 10 heteroatoms. The van der Waals surface area contributed by atoms with Crippen molar-refractivity contribution in [1.82, 2.24) is 4.90 Å². The molecule has 2 N–H and O–H groups in total. The Bertz CT molecular complexity index is 993. The molecule has 1 aliphatic carbocycles. The minimum absolute atomic E-state index is 0.150. The number of anilines is 1. The summed E-state index contributed by atoms with van der Waals surface area (Å²) in [6.45, 7) is 2.82. The van der Waals surface area contributed by atoms with Crippen molar-refractivity contribution in [2.45, 2.75) is 38.5 Å². The zero-order valence-corrected chi connectivity index (χ0v) is 19.4. The molecule has 190 valence electrons. The number of nitrogens with one attached hydrogen (secondary N) is 1. The quantitative estimate of drug-likeness (QED) is 0.431. The number of hydrogen-bond donors (Lipinski definition) is 2. The highest BCUT2D eigenvalue weighted by Crippen LogP contribution is 2.35. The lowest BCUT2D eigenvalue weighted by atomic mass is 10.1. The maximum Gasteiger partial charge on any atom is 0.418 e. The van der Waals surface area contributed by atoms with E-state index in [1.807, 2.05) is 0 Å².